The zero-order valence-corrected chi connectivity index (χ0v) is 9.04. The Kier molecular flexibility index (Phi) is 2.73. The Morgan fingerprint density at radius 1 is 1.29 bits per heavy atom. The van der Waals surface area contributed by atoms with Crippen LogP contribution >= 0.6 is 11.6 Å². The third kappa shape index (κ3) is 2.07. The molecule has 0 saturated heterocycles. The molecular formula is C11H14ClN2+. The molecule has 1 aromatic rings. The van der Waals surface area contributed by atoms with Crippen LogP contribution in [-0.2, 0) is 0 Å². The lowest BCUT2D eigenvalue weighted by Gasteiger charge is -2.18. The summed E-state index contributed by atoms with van der Waals surface area (Å²) in [5.41, 5.74) is 1.21. The molecule has 1 aromatic carbocycles. The van der Waals surface area contributed by atoms with Gasteiger partial charge in [0.05, 0.1) is 20.1 Å². The summed E-state index contributed by atoms with van der Waals surface area (Å²) in [6, 6.07) is 7.97. The van der Waals surface area contributed by atoms with E-state index in [1.165, 1.54) is 12.1 Å². The van der Waals surface area contributed by atoms with E-state index < -0.39 is 0 Å². The highest BCUT2D eigenvalue weighted by Gasteiger charge is 2.15. The molecule has 0 bridgehead atoms. The molecule has 0 unspecified atom stereocenters. The molecule has 0 radical (unpaired) electrons. The fourth-order valence-corrected chi connectivity index (χ4v) is 1.80. The zero-order valence-electron chi connectivity index (χ0n) is 8.28. The van der Waals surface area contributed by atoms with Gasteiger partial charge in [0.25, 0.3) is 0 Å². The smallest absolute Gasteiger partial charge is 0.239 e. The van der Waals surface area contributed by atoms with Gasteiger partial charge in [-0.25, -0.2) is 4.90 Å². The van der Waals surface area contributed by atoms with Gasteiger partial charge in [0, 0.05) is 11.4 Å². The molecule has 0 aliphatic carbocycles. The summed E-state index contributed by atoms with van der Waals surface area (Å²) >= 11 is 5.84. The summed E-state index contributed by atoms with van der Waals surface area (Å²) < 4.78 is 2.21. The van der Waals surface area contributed by atoms with Crippen molar-refractivity contribution in [3.8, 4) is 0 Å². The normalized spacial score (nSPS) is 16.7. The number of benzene rings is 1. The van der Waals surface area contributed by atoms with E-state index in [-0.39, 0.29) is 0 Å². The first-order chi connectivity index (χ1) is 6.75. The summed E-state index contributed by atoms with van der Waals surface area (Å²) in [6.07, 6.45) is 3.35. The quantitative estimate of drug-likeness (QED) is 0.643. The largest absolute Gasteiger partial charge is 0.271 e. The van der Waals surface area contributed by atoms with E-state index in [4.69, 9.17) is 11.6 Å². The van der Waals surface area contributed by atoms with Crippen molar-refractivity contribution in [2.24, 2.45) is 0 Å². The maximum atomic E-state index is 5.84. The maximum Gasteiger partial charge on any atom is 0.239 e. The van der Waals surface area contributed by atoms with Crippen LogP contribution in [0.3, 0.4) is 0 Å². The number of hydrogen-bond donors (Lipinski definition) is 0. The third-order valence-corrected chi connectivity index (χ3v) is 2.66. The predicted molar refractivity (Wildman–Crippen MR) is 60.5 cm³/mol. The van der Waals surface area contributed by atoms with Gasteiger partial charge in [-0.3, -0.25) is 4.58 Å². The van der Waals surface area contributed by atoms with Gasteiger partial charge in [-0.05, 0) is 24.3 Å². The Morgan fingerprint density at radius 2 is 2.00 bits per heavy atom. The Morgan fingerprint density at radius 3 is 2.64 bits per heavy atom. The molecule has 2 nitrogen and oxygen atoms in total. The molecule has 0 amide bonds. The number of rotatable bonds is 1. The lowest BCUT2D eigenvalue weighted by atomic mass is 10.2. The number of halogens is 1. The Balaban J connectivity index is 2.22. The molecule has 0 N–H and O–H groups in total. The summed E-state index contributed by atoms with van der Waals surface area (Å²) in [5, 5.41) is 0.791. The fraction of sp³-hybridized carbons (Fsp3) is 0.364. The fourth-order valence-electron chi connectivity index (χ4n) is 1.67. The summed E-state index contributed by atoms with van der Waals surface area (Å²) in [7, 11) is 2.10. The Bertz CT molecular complexity index is 343. The molecule has 0 spiro atoms. The van der Waals surface area contributed by atoms with Crippen molar-refractivity contribution >= 4 is 23.6 Å². The van der Waals surface area contributed by atoms with Crippen LogP contribution in [-0.4, -0.2) is 31.1 Å². The van der Waals surface area contributed by atoms with Crippen LogP contribution in [0.2, 0.25) is 5.02 Å². The molecule has 0 fully saturated rings. The Labute approximate surface area is 89.4 Å². The van der Waals surface area contributed by atoms with Crippen molar-refractivity contribution in [2.75, 3.05) is 25.0 Å². The van der Waals surface area contributed by atoms with Gasteiger partial charge < -0.3 is 0 Å². The van der Waals surface area contributed by atoms with E-state index in [2.05, 4.69) is 35.0 Å². The molecule has 1 aliphatic heterocycles. The number of hydrogen-bond acceptors (Lipinski definition) is 1. The van der Waals surface area contributed by atoms with Gasteiger partial charge >= 0.3 is 0 Å². The molecule has 14 heavy (non-hydrogen) atoms. The molecule has 1 aliphatic rings. The van der Waals surface area contributed by atoms with Gasteiger partial charge in [0.2, 0.25) is 6.34 Å². The lowest BCUT2D eigenvalue weighted by molar-refractivity contribution is -0.496. The predicted octanol–water partition coefficient (Wildman–Crippen LogP) is 2.22. The molecule has 0 aromatic heterocycles. The average molecular weight is 210 g/mol. The number of anilines is 1. The van der Waals surface area contributed by atoms with Gasteiger partial charge in [0.15, 0.2) is 0 Å². The van der Waals surface area contributed by atoms with Crippen molar-refractivity contribution < 1.29 is 4.58 Å². The monoisotopic (exact) mass is 209 g/mol. The van der Waals surface area contributed by atoms with Gasteiger partial charge in [-0.15, -0.1) is 0 Å². The molecule has 74 valence electrons. The second-order valence-corrected chi connectivity index (χ2v) is 4.06. The van der Waals surface area contributed by atoms with Crippen LogP contribution in [0.5, 0.6) is 0 Å². The lowest BCUT2D eigenvalue weighted by Crippen LogP contribution is -2.34. The van der Waals surface area contributed by atoms with Crippen molar-refractivity contribution in [2.45, 2.75) is 6.42 Å². The molecule has 3 heteroatoms. The summed E-state index contributed by atoms with van der Waals surface area (Å²) in [6.45, 7) is 2.23. The van der Waals surface area contributed by atoms with Crippen molar-refractivity contribution in [1.82, 2.24) is 0 Å². The molecular weight excluding hydrogens is 196 g/mol. The van der Waals surface area contributed by atoms with Gasteiger partial charge in [-0.2, -0.15) is 0 Å². The maximum absolute atomic E-state index is 5.84. The van der Waals surface area contributed by atoms with Gasteiger partial charge in [0.1, 0.15) is 5.69 Å². The highest BCUT2D eigenvalue weighted by atomic mass is 35.5. The van der Waals surface area contributed by atoms with Crippen LogP contribution < -0.4 is 4.90 Å². The first kappa shape index (κ1) is 9.53. The van der Waals surface area contributed by atoms with E-state index in [1.54, 1.807) is 0 Å². The highest BCUT2D eigenvalue weighted by molar-refractivity contribution is 6.30. The molecule has 1 heterocycles. The topological polar surface area (TPSA) is 6.25 Å². The van der Waals surface area contributed by atoms with Crippen molar-refractivity contribution in [3.05, 3.63) is 29.3 Å². The molecule has 0 saturated carbocycles. The standard InChI is InChI=1S/C11H14ClN2/c1-13-7-2-8-14(9-13)11-5-3-10(12)4-6-11/h3-6,9H,2,7-8H2,1H3/q+1. The third-order valence-electron chi connectivity index (χ3n) is 2.40. The summed E-state index contributed by atoms with van der Waals surface area (Å²) in [4.78, 5) is 2.25. The minimum Gasteiger partial charge on any atom is -0.271 e. The highest BCUT2D eigenvalue weighted by Crippen LogP contribution is 2.17. The average Bonchev–Trinajstić information content (AvgIpc) is 2.19. The molecule has 0 atom stereocenters. The second kappa shape index (κ2) is 4.01. The molecule has 2 rings (SSSR count). The SMILES string of the molecule is C[N+]1=CN(c2ccc(Cl)cc2)CCC1. The van der Waals surface area contributed by atoms with Gasteiger partial charge in [-0.1, -0.05) is 11.6 Å². The second-order valence-electron chi connectivity index (χ2n) is 3.62. The zero-order chi connectivity index (χ0) is 9.97. The van der Waals surface area contributed by atoms with Crippen LogP contribution in [0, 0.1) is 0 Å². The number of nitrogens with zero attached hydrogens (tertiary/aromatic N) is 2. The first-order valence-electron chi connectivity index (χ1n) is 4.83. The minimum absolute atomic E-state index is 0.791. The van der Waals surface area contributed by atoms with E-state index >= 15 is 0 Å². The van der Waals surface area contributed by atoms with E-state index in [1.807, 2.05) is 12.1 Å². The summed E-state index contributed by atoms with van der Waals surface area (Å²) in [5.74, 6) is 0. The van der Waals surface area contributed by atoms with Crippen LogP contribution in [0.4, 0.5) is 5.69 Å². The van der Waals surface area contributed by atoms with Crippen LogP contribution in [0.25, 0.3) is 0 Å². The van der Waals surface area contributed by atoms with Crippen LogP contribution in [0.15, 0.2) is 24.3 Å². The van der Waals surface area contributed by atoms with Crippen LogP contribution in [0.1, 0.15) is 6.42 Å². The Hall–Kier alpha value is -1.02. The minimum atomic E-state index is 0.791. The van der Waals surface area contributed by atoms with Crippen molar-refractivity contribution in [3.63, 3.8) is 0 Å². The first-order valence-corrected chi connectivity index (χ1v) is 5.21. The van der Waals surface area contributed by atoms with Crippen molar-refractivity contribution in [1.29, 1.82) is 0 Å². The van der Waals surface area contributed by atoms with E-state index in [0.717, 1.165) is 18.1 Å². The van der Waals surface area contributed by atoms with E-state index in [9.17, 15) is 0 Å². The van der Waals surface area contributed by atoms with E-state index in [0.29, 0.717) is 0 Å².